The summed E-state index contributed by atoms with van der Waals surface area (Å²) in [6, 6.07) is 9.83. The van der Waals surface area contributed by atoms with E-state index in [2.05, 4.69) is 19.1 Å². The first-order valence-corrected chi connectivity index (χ1v) is 9.38. The Bertz CT molecular complexity index is 536. The predicted molar refractivity (Wildman–Crippen MR) is 95.8 cm³/mol. The first-order valence-electron chi connectivity index (χ1n) is 9.38. The lowest BCUT2D eigenvalue weighted by molar-refractivity contribution is 0.0513. The van der Waals surface area contributed by atoms with Crippen molar-refractivity contribution in [2.24, 2.45) is 5.92 Å². The average molecular weight is 327 g/mol. The van der Waals surface area contributed by atoms with Crippen molar-refractivity contribution in [1.82, 2.24) is 0 Å². The number of nitrogens with zero attached hydrogens (tertiary/aromatic N) is 1. The molecular weight excluding hydrogens is 298 g/mol. The van der Waals surface area contributed by atoms with Gasteiger partial charge in [0.1, 0.15) is 6.61 Å². The van der Waals surface area contributed by atoms with Crippen LogP contribution in [0.25, 0.3) is 0 Å². The second-order valence-corrected chi connectivity index (χ2v) is 6.88. The summed E-state index contributed by atoms with van der Waals surface area (Å²) < 4.78 is 5.05. The molecule has 2 rings (SSSR count). The highest BCUT2D eigenvalue weighted by molar-refractivity contribution is 5.89. The summed E-state index contributed by atoms with van der Waals surface area (Å²) in [5, 5.41) is 8.47. The monoisotopic (exact) mass is 327 g/mol. The van der Waals surface area contributed by atoms with E-state index in [0.29, 0.717) is 11.5 Å². The second kappa shape index (κ2) is 10.1. The number of carbonyl (C=O) groups is 1. The fourth-order valence-electron chi connectivity index (χ4n) is 3.63. The zero-order chi connectivity index (χ0) is 17.2. The number of unbranched alkanes of at least 4 members (excludes halogenated alkanes) is 2. The van der Waals surface area contributed by atoms with E-state index in [4.69, 9.17) is 10.00 Å². The number of nitriles is 1. The highest BCUT2D eigenvalue weighted by Gasteiger charge is 2.22. The Morgan fingerprint density at radius 1 is 1.17 bits per heavy atom. The van der Waals surface area contributed by atoms with Crippen molar-refractivity contribution in [1.29, 1.82) is 5.26 Å². The van der Waals surface area contributed by atoms with Gasteiger partial charge in [-0.3, -0.25) is 0 Å². The van der Waals surface area contributed by atoms with Gasteiger partial charge in [0.15, 0.2) is 0 Å². The van der Waals surface area contributed by atoms with Gasteiger partial charge in [0.25, 0.3) is 0 Å². The lowest BCUT2D eigenvalue weighted by atomic mass is 9.77. The number of hydrogen-bond acceptors (Lipinski definition) is 3. The Kier molecular flexibility index (Phi) is 7.82. The van der Waals surface area contributed by atoms with Gasteiger partial charge in [-0.15, -0.1) is 0 Å². The minimum Gasteiger partial charge on any atom is -0.461 e. The summed E-state index contributed by atoms with van der Waals surface area (Å²) in [6.45, 7) is 2.43. The molecule has 1 aromatic carbocycles. The molecule has 0 radical (unpaired) electrons. The minimum absolute atomic E-state index is 0.166. The third-order valence-electron chi connectivity index (χ3n) is 5.13. The van der Waals surface area contributed by atoms with E-state index in [-0.39, 0.29) is 19.0 Å². The Balaban J connectivity index is 1.79. The second-order valence-electron chi connectivity index (χ2n) is 6.88. The number of hydrogen-bond donors (Lipinski definition) is 0. The SMILES string of the molecule is CCCCCC1CCC(c2ccc(C(=O)OCCC#N)cc2)CC1. The Morgan fingerprint density at radius 2 is 1.88 bits per heavy atom. The molecule has 24 heavy (non-hydrogen) atoms. The van der Waals surface area contributed by atoms with Crippen LogP contribution in [0.15, 0.2) is 24.3 Å². The molecule has 0 atom stereocenters. The van der Waals surface area contributed by atoms with Crippen LogP contribution in [0, 0.1) is 17.2 Å². The summed E-state index contributed by atoms with van der Waals surface area (Å²) in [6.07, 6.45) is 10.9. The van der Waals surface area contributed by atoms with E-state index < -0.39 is 0 Å². The van der Waals surface area contributed by atoms with E-state index in [1.54, 1.807) is 0 Å². The van der Waals surface area contributed by atoms with Crippen molar-refractivity contribution < 1.29 is 9.53 Å². The molecule has 1 saturated carbocycles. The molecule has 0 amide bonds. The summed E-state index contributed by atoms with van der Waals surface area (Å²) >= 11 is 0. The van der Waals surface area contributed by atoms with Crippen LogP contribution in [0.5, 0.6) is 0 Å². The quantitative estimate of drug-likeness (QED) is 0.460. The maximum absolute atomic E-state index is 11.8. The molecule has 1 aromatic rings. The van der Waals surface area contributed by atoms with E-state index in [1.165, 1.54) is 56.9 Å². The molecule has 0 saturated heterocycles. The predicted octanol–water partition coefficient (Wildman–Crippen LogP) is 5.61. The van der Waals surface area contributed by atoms with Crippen LogP contribution >= 0.6 is 0 Å². The zero-order valence-electron chi connectivity index (χ0n) is 14.8. The van der Waals surface area contributed by atoms with Crippen LogP contribution in [0.4, 0.5) is 0 Å². The maximum atomic E-state index is 11.8. The first-order chi connectivity index (χ1) is 11.7. The summed E-state index contributed by atoms with van der Waals surface area (Å²) in [4.78, 5) is 11.8. The van der Waals surface area contributed by atoms with Gasteiger partial charge in [-0.2, -0.15) is 5.26 Å². The van der Waals surface area contributed by atoms with Gasteiger partial charge in [-0.25, -0.2) is 4.79 Å². The van der Waals surface area contributed by atoms with Crippen molar-refractivity contribution in [3.63, 3.8) is 0 Å². The smallest absolute Gasteiger partial charge is 0.338 e. The standard InChI is InChI=1S/C21H29NO2/c1-2-3-4-6-17-7-9-18(10-8-17)19-11-13-20(14-12-19)21(23)24-16-5-15-22/h11-14,17-18H,2-10,16H2,1H3. The van der Waals surface area contributed by atoms with Crippen molar-refractivity contribution in [2.75, 3.05) is 6.61 Å². The van der Waals surface area contributed by atoms with E-state index in [9.17, 15) is 4.79 Å². The molecule has 0 bridgehead atoms. The number of rotatable bonds is 8. The van der Waals surface area contributed by atoms with Gasteiger partial charge >= 0.3 is 5.97 Å². The third-order valence-corrected chi connectivity index (χ3v) is 5.13. The van der Waals surface area contributed by atoms with Crippen molar-refractivity contribution in [3.8, 4) is 6.07 Å². The Morgan fingerprint density at radius 3 is 2.50 bits per heavy atom. The molecule has 1 aliphatic rings. The highest BCUT2D eigenvalue weighted by Crippen LogP contribution is 2.37. The van der Waals surface area contributed by atoms with Crippen molar-refractivity contribution in [3.05, 3.63) is 35.4 Å². The topological polar surface area (TPSA) is 50.1 Å². The molecule has 0 spiro atoms. The molecule has 1 aliphatic carbocycles. The highest BCUT2D eigenvalue weighted by atomic mass is 16.5. The van der Waals surface area contributed by atoms with Crippen molar-refractivity contribution >= 4 is 5.97 Å². The normalized spacial score (nSPS) is 20.3. The van der Waals surface area contributed by atoms with Gasteiger partial charge in [0.2, 0.25) is 0 Å². The average Bonchev–Trinajstić information content (AvgIpc) is 2.63. The summed E-state index contributed by atoms with van der Waals surface area (Å²) in [5.41, 5.74) is 1.92. The van der Waals surface area contributed by atoms with Crippen LogP contribution in [-0.4, -0.2) is 12.6 Å². The van der Waals surface area contributed by atoms with Crippen LogP contribution < -0.4 is 0 Å². The lowest BCUT2D eigenvalue weighted by Crippen LogP contribution is -2.13. The van der Waals surface area contributed by atoms with Gasteiger partial charge in [-0.1, -0.05) is 44.7 Å². The van der Waals surface area contributed by atoms with E-state index >= 15 is 0 Å². The molecule has 0 aliphatic heterocycles. The molecule has 0 aromatic heterocycles. The van der Waals surface area contributed by atoms with E-state index in [1.807, 2.05) is 18.2 Å². The first kappa shape index (κ1) is 18.5. The zero-order valence-corrected chi connectivity index (χ0v) is 14.8. The molecule has 1 fully saturated rings. The Hall–Kier alpha value is -1.82. The lowest BCUT2D eigenvalue weighted by Gasteiger charge is -2.29. The van der Waals surface area contributed by atoms with Gasteiger partial charge in [0.05, 0.1) is 18.1 Å². The van der Waals surface area contributed by atoms with E-state index in [0.717, 1.165) is 5.92 Å². The maximum Gasteiger partial charge on any atom is 0.338 e. The molecule has 0 N–H and O–H groups in total. The fraction of sp³-hybridized carbons (Fsp3) is 0.619. The molecule has 0 heterocycles. The number of esters is 1. The number of ether oxygens (including phenoxy) is 1. The van der Waals surface area contributed by atoms with Crippen LogP contribution in [0.2, 0.25) is 0 Å². The van der Waals surface area contributed by atoms with Crippen LogP contribution in [0.3, 0.4) is 0 Å². The van der Waals surface area contributed by atoms with Crippen LogP contribution in [-0.2, 0) is 4.74 Å². The van der Waals surface area contributed by atoms with Gasteiger partial charge < -0.3 is 4.74 Å². The summed E-state index contributed by atoms with van der Waals surface area (Å²) in [5.74, 6) is 1.22. The Labute approximate surface area is 146 Å². The van der Waals surface area contributed by atoms with Crippen LogP contribution in [0.1, 0.15) is 86.6 Å². The van der Waals surface area contributed by atoms with Crippen molar-refractivity contribution in [2.45, 2.75) is 70.6 Å². The number of carbonyl (C=O) groups excluding carboxylic acids is 1. The largest absolute Gasteiger partial charge is 0.461 e. The van der Waals surface area contributed by atoms with Gasteiger partial charge in [0, 0.05) is 0 Å². The molecular formula is C21H29NO2. The fourth-order valence-corrected chi connectivity index (χ4v) is 3.63. The minimum atomic E-state index is -0.337. The molecule has 130 valence electrons. The third kappa shape index (κ3) is 5.67. The number of benzene rings is 1. The van der Waals surface area contributed by atoms with Gasteiger partial charge in [-0.05, 0) is 55.2 Å². The summed E-state index contributed by atoms with van der Waals surface area (Å²) in [7, 11) is 0. The molecule has 0 unspecified atom stereocenters. The molecule has 3 heteroatoms. The molecule has 3 nitrogen and oxygen atoms in total.